The first-order chi connectivity index (χ1) is 8.15. The molecule has 0 amide bonds. The monoisotopic (exact) mass is 245 g/mol. The average molecular weight is 245 g/mol. The van der Waals surface area contributed by atoms with Crippen LogP contribution in [0.3, 0.4) is 0 Å². The van der Waals surface area contributed by atoms with Crippen molar-refractivity contribution in [1.29, 1.82) is 0 Å². The van der Waals surface area contributed by atoms with Crippen molar-refractivity contribution in [2.75, 3.05) is 5.32 Å². The minimum absolute atomic E-state index is 0.195. The molecule has 4 N–H and O–H groups in total. The number of rotatable bonds is 3. The fraction of sp³-hybridized carbons (Fsp3) is 0. The molecule has 1 aromatic carbocycles. The van der Waals surface area contributed by atoms with Gasteiger partial charge in [0.2, 0.25) is 0 Å². The first kappa shape index (κ1) is 11.3. The Morgan fingerprint density at radius 3 is 2.82 bits per heavy atom. The second-order valence-corrected chi connectivity index (χ2v) is 3.91. The number of nitrogens with zero attached hydrogens (tertiary/aromatic N) is 1. The van der Waals surface area contributed by atoms with E-state index >= 15 is 0 Å². The number of aromatic nitrogens is 1. The molecule has 0 aliphatic carbocycles. The molecule has 0 saturated carbocycles. The second kappa shape index (κ2) is 4.80. The molecule has 0 saturated heterocycles. The number of nitrogens with one attached hydrogen (secondary N) is 1. The zero-order chi connectivity index (χ0) is 12.3. The summed E-state index contributed by atoms with van der Waals surface area (Å²) in [5.41, 5.74) is 7.03. The summed E-state index contributed by atoms with van der Waals surface area (Å²) >= 11 is 4.89. The summed E-state index contributed by atoms with van der Waals surface area (Å²) < 4.78 is 0. The first-order valence-electron chi connectivity index (χ1n) is 4.97. The van der Waals surface area contributed by atoms with Crippen LogP contribution in [-0.2, 0) is 0 Å². The number of pyridine rings is 1. The molecule has 86 valence electrons. The van der Waals surface area contributed by atoms with Crippen molar-refractivity contribution < 1.29 is 5.11 Å². The van der Waals surface area contributed by atoms with Crippen LogP contribution in [0.2, 0.25) is 0 Å². The Balaban J connectivity index is 2.24. The summed E-state index contributed by atoms with van der Waals surface area (Å²) in [7, 11) is 0. The molecule has 0 atom stereocenters. The van der Waals surface area contributed by atoms with Gasteiger partial charge in [0, 0.05) is 23.5 Å². The summed E-state index contributed by atoms with van der Waals surface area (Å²) in [6, 6.07) is 10.3. The van der Waals surface area contributed by atoms with Crippen molar-refractivity contribution in [2.24, 2.45) is 5.73 Å². The molecule has 0 aliphatic heterocycles. The van der Waals surface area contributed by atoms with Crippen LogP contribution in [0.15, 0.2) is 42.6 Å². The van der Waals surface area contributed by atoms with Gasteiger partial charge in [-0.2, -0.15) is 0 Å². The summed E-state index contributed by atoms with van der Waals surface area (Å²) in [6.45, 7) is 0. The minimum atomic E-state index is 0.195. The van der Waals surface area contributed by atoms with Crippen molar-refractivity contribution in [1.82, 2.24) is 4.98 Å². The van der Waals surface area contributed by atoms with Crippen LogP contribution in [0.1, 0.15) is 5.56 Å². The fourth-order valence-corrected chi connectivity index (χ4v) is 1.51. The molecule has 1 heterocycles. The van der Waals surface area contributed by atoms with E-state index in [1.165, 1.54) is 0 Å². The third-order valence-electron chi connectivity index (χ3n) is 2.16. The number of anilines is 2. The molecule has 5 heteroatoms. The molecule has 0 unspecified atom stereocenters. The van der Waals surface area contributed by atoms with Crippen molar-refractivity contribution in [3.8, 4) is 5.75 Å². The molecule has 0 aliphatic rings. The molecule has 0 bridgehead atoms. The summed E-state index contributed by atoms with van der Waals surface area (Å²) in [6.07, 6.45) is 1.62. The molecule has 1 aromatic heterocycles. The van der Waals surface area contributed by atoms with Gasteiger partial charge in [0.15, 0.2) is 0 Å². The third kappa shape index (κ3) is 2.92. The van der Waals surface area contributed by atoms with Gasteiger partial charge < -0.3 is 16.2 Å². The van der Waals surface area contributed by atoms with Crippen molar-refractivity contribution in [3.05, 3.63) is 48.2 Å². The van der Waals surface area contributed by atoms with E-state index in [0.29, 0.717) is 10.8 Å². The van der Waals surface area contributed by atoms with Crippen LogP contribution >= 0.6 is 12.2 Å². The zero-order valence-corrected chi connectivity index (χ0v) is 9.74. The van der Waals surface area contributed by atoms with E-state index in [9.17, 15) is 5.11 Å². The predicted octanol–water partition coefficient (Wildman–Crippen LogP) is 2.17. The largest absolute Gasteiger partial charge is 0.508 e. The lowest BCUT2D eigenvalue weighted by molar-refractivity contribution is 0.475. The topological polar surface area (TPSA) is 71.2 Å². The number of thiocarbonyl (C=S) groups is 1. The third-order valence-corrected chi connectivity index (χ3v) is 2.40. The predicted molar refractivity (Wildman–Crippen MR) is 71.5 cm³/mol. The van der Waals surface area contributed by atoms with Gasteiger partial charge in [-0.25, -0.2) is 4.98 Å². The van der Waals surface area contributed by atoms with Crippen molar-refractivity contribution in [2.45, 2.75) is 0 Å². The van der Waals surface area contributed by atoms with Crippen molar-refractivity contribution >= 4 is 28.7 Å². The van der Waals surface area contributed by atoms with Crippen LogP contribution in [0, 0.1) is 0 Å². The van der Waals surface area contributed by atoms with Gasteiger partial charge in [-0.05, 0) is 24.3 Å². The van der Waals surface area contributed by atoms with Gasteiger partial charge in [-0.3, -0.25) is 0 Å². The van der Waals surface area contributed by atoms with Gasteiger partial charge >= 0.3 is 0 Å². The molecule has 2 aromatic rings. The number of benzene rings is 1. The molecule has 0 spiro atoms. The van der Waals surface area contributed by atoms with E-state index < -0.39 is 0 Å². The number of hydrogen-bond donors (Lipinski definition) is 3. The van der Waals surface area contributed by atoms with Crippen LogP contribution < -0.4 is 11.1 Å². The molecule has 4 nitrogen and oxygen atoms in total. The summed E-state index contributed by atoms with van der Waals surface area (Å²) in [5.74, 6) is 0.821. The summed E-state index contributed by atoms with van der Waals surface area (Å²) in [4.78, 5) is 4.46. The highest BCUT2D eigenvalue weighted by Crippen LogP contribution is 2.19. The molecule has 17 heavy (non-hydrogen) atoms. The van der Waals surface area contributed by atoms with Crippen LogP contribution in [0.5, 0.6) is 5.75 Å². The lowest BCUT2D eigenvalue weighted by atomic mass is 10.2. The maximum Gasteiger partial charge on any atom is 0.130 e. The highest BCUT2D eigenvalue weighted by atomic mass is 32.1. The standard InChI is InChI=1S/C12H11N3OS/c13-12(17)8-4-5-14-11(6-8)15-9-2-1-3-10(16)7-9/h1-7,16H,(H2,13,17)(H,14,15). The molecule has 0 fully saturated rings. The summed E-state index contributed by atoms with van der Waals surface area (Å²) in [5, 5.41) is 12.4. The van der Waals surface area contributed by atoms with E-state index in [1.807, 2.05) is 6.07 Å². The van der Waals surface area contributed by atoms with E-state index in [1.54, 1.807) is 36.5 Å². The lowest BCUT2D eigenvalue weighted by Gasteiger charge is -2.07. The lowest BCUT2D eigenvalue weighted by Crippen LogP contribution is -2.09. The van der Waals surface area contributed by atoms with Crippen LogP contribution in [-0.4, -0.2) is 15.1 Å². The Bertz CT molecular complexity index is 557. The number of hydrogen-bond acceptors (Lipinski definition) is 4. The Morgan fingerprint density at radius 2 is 2.12 bits per heavy atom. The van der Waals surface area contributed by atoms with E-state index in [2.05, 4.69) is 10.3 Å². The maximum atomic E-state index is 9.33. The van der Waals surface area contributed by atoms with Gasteiger partial charge in [-0.1, -0.05) is 18.3 Å². The van der Waals surface area contributed by atoms with Crippen LogP contribution in [0.25, 0.3) is 0 Å². The van der Waals surface area contributed by atoms with Gasteiger partial charge in [0.25, 0.3) is 0 Å². The quantitative estimate of drug-likeness (QED) is 0.723. The average Bonchev–Trinajstić information content (AvgIpc) is 2.29. The fourth-order valence-electron chi connectivity index (χ4n) is 1.38. The maximum absolute atomic E-state index is 9.33. The van der Waals surface area contributed by atoms with Gasteiger partial charge in [0.1, 0.15) is 16.6 Å². The Hall–Kier alpha value is -2.14. The Kier molecular flexibility index (Phi) is 3.20. The van der Waals surface area contributed by atoms with Crippen LogP contribution in [0.4, 0.5) is 11.5 Å². The minimum Gasteiger partial charge on any atom is -0.508 e. The zero-order valence-electron chi connectivity index (χ0n) is 8.92. The van der Waals surface area contributed by atoms with Crippen molar-refractivity contribution in [3.63, 3.8) is 0 Å². The Labute approximate surface area is 104 Å². The molecule has 2 rings (SSSR count). The first-order valence-corrected chi connectivity index (χ1v) is 5.38. The number of nitrogens with two attached hydrogens (primary N) is 1. The smallest absolute Gasteiger partial charge is 0.130 e. The van der Waals surface area contributed by atoms with E-state index in [4.69, 9.17) is 18.0 Å². The van der Waals surface area contributed by atoms with Gasteiger partial charge in [-0.15, -0.1) is 0 Å². The highest BCUT2D eigenvalue weighted by molar-refractivity contribution is 7.80. The number of aromatic hydroxyl groups is 1. The van der Waals surface area contributed by atoms with Gasteiger partial charge in [0.05, 0.1) is 0 Å². The Morgan fingerprint density at radius 1 is 1.29 bits per heavy atom. The molecule has 0 radical (unpaired) electrons. The number of phenols is 1. The van der Waals surface area contributed by atoms with E-state index in [-0.39, 0.29) is 5.75 Å². The molecular weight excluding hydrogens is 234 g/mol. The second-order valence-electron chi connectivity index (χ2n) is 3.47. The number of phenolic OH excluding ortho intramolecular Hbond substituents is 1. The SMILES string of the molecule is NC(=S)c1ccnc(Nc2cccc(O)c2)c1. The highest BCUT2D eigenvalue weighted by Gasteiger charge is 2.00. The van der Waals surface area contributed by atoms with E-state index in [0.717, 1.165) is 11.3 Å². The molecular formula is C12H11N3OS. The normalized spacial score (nSPS) is 9.88.